The topological polar surface area (TPSA) is 55.8 Å². The standard InChI is InChI=1S/C6H12O4/c1-3-9-4-10-5(2)6(7)8/h5H,3-4H2,1-2H3,(H,7,8). The molecule has 4 heteroatoms. The maximum Gasteiger partial charge on any atom is 0.332 e. The van der Waals surface area contributed by atoms with Crippen molar-refractivity contribution in [2.45, 2.75) is 20.0 Å². The third-order valence-corrected chi connectivity index (χ3v) is 0.953. The van der Waals surface area contributed by atoms with Gasteiger partial charge in [-0.3, -0.25) is 0 Å². The summed E-state index contributed by atoms with van der Waals surface area (Å²) in [4.78, 5) is 10.1. The van der Waals surface area contributed by atoms with E-state index >= 15 is 0 Å². The van der Waals surface area contributed by atoms with Crippen molar-refractivity contribution in [1.82, 2.24) is 0 Å². The maximum absolute atomic E-state index is 10.1. The average Bonchev–Trinajstić information content (AvgIpc) is 1.88. The Morgan fingerprint density at radius 3 is 2.70 bits per heavy atom. The molecule has 1 atom stereocenters. The minimum Gasteiger partial charge on any atom is -0.479 e. The molecular weight excluding hydrogens is 136 g/mol. The Morgan fingerprint density at radius 1 is 1.70 bits per heavy atom. The zero-order valence-corrected chi connectivity index (χ0v) is 6.16. The van der Waals surface area contributed by atoms with Gasteiger partial charge in [-0.2, -0.15) is 0 Å². The van der Waals surface area contributed by atoms with E-state index < -0.39 is 12.1 Å². The summed E-state index contributed by atoms with van der Waals surface area (Å²) >= 11 is 0. The Bertz CT molecular complexity index is 102. The molecule has 0 aliphatic carbocycles. The Kier molecular flexibility index (Phi) is 4.88. The van der Waals surface area contributed by atoms with Crippen LogP contribution in [0.25, 0.3) is 0 Å². The van der Waals surface area contributed by atoms with E-state index in [1.54, 1.807) is 0 Å². The van der Waals surface area contributed by atoms with Crippen LogP contribution in [-0.2, 0) is 14.3 Å². The minimum absolute atomic E-state index is 0.0456. The Balaban J connectivity index is 3.21. The first kappa shape index (κ1) is 9.39. The van der Waals surface area contributed by atoms with Gasteiger partial charge in [0.25, 0.3) is 0 Å². The van der Waals surface area contributed by atoms with Gasteiger partial charge in [-0.1, -0.05) is 0 Å². The molecule has 0 radical (unpaired) electrons. The first-order valence-corrected chi connectivity index (χ1v) is 3.10. The number of hydrogen-bond acceptors (Lipinski definition) is 3. The number of carboxylic acids is 1. The van der Waals surface area contributed by atoms with E-state index in [1.165, 1.54) is 6.92 Å². The number of rotatable bonds is 5. The van der Waals surface area contributed by atoms with E-state index in [0.29, 0.717) is 6.61 Å². The van der Waals surface area contributed by atoms with Gasteiger partial charge < -0.3 is 14.6 Å². The molecule has 0 aliphatic rings. The van der Waals surface area contributed by atoms with Crippen LogP contribution in [0.2, 0.25) is 0 Å². The predicted octanol–water partition coefficient (Wildman–Crippen LogP) is 0.470. The number of hydrogen-bond donors (Lipinski definition) is 1. The molecule has 0 spiro atoms. The zero-order valence-electron chi connectivity index (χ0n) is 6.16. The molecule has 0 heterocycles. The smallest absolute Gasteiger partial charge is 0.332 e. The summed E-state index contributed by atoms with van der Waals surface area (Å²) in [6.07, 6.45) is -0.786. The first-order valence-electron chi connectivity index (χ1n) is 3.10. The summed E-state index contributed by atoms with van der Waals surface area (Å²) in [5, 5.41) is 8.30. The second-order valence-corrected chi connectivity index (χ2v) is 1.76. The van der Waals surface area contributed by atoms with Crippen molar-refractivity contribution < 1.29 is 19.4 Å². The maximum atomic E-state index is 10.1. The van der Waals surface area contributed by atoms with Crippen molar-refractivity contribution in [3.8, 4) is 0 Å². The summed E-state index contributed by atoms with van der Waals surface area (Å²) in [6.45, 7) is 3.85. The monoisotopic (exact) mass is 148 g/mol. The van der Waals surface area contributed by atoms with Crippen LogP contribution in [0, 0.1) is 0 Å². The molecule has 0 bridgehead atoms. The second-order valence-electron chi connectivity index (χ2n) is 1.76. The normalized spacial score (nSPS) is 13.0. The van der Waals surface area contributed by atoms with Crippen LogP contribution in [0.4, 0.5) is 0 Å². The molecule has 1 N–H and O–H groups in total. The Morgan fingerprint density at radius 2 is 2.30 bits per heavy atom. The van der Waals surface area contributed by atoms with E-state index in [1.807, 2.05) is 6.92 Å². The van der Waals surface area contributed by atoms with Crippen molar-refractivity contribution in [2.75, 3.05) is 13.4 Å². The fraction of sp³-hybridized carbons (Fsp3) is 0.833. The first-order chi connectivity index (χ1) is 4.68. The lowest BCUT2D eigenvalue weighted by Gasteiger charge is -2.06. The van der Waals surface area contributed by atoms with Crippen molar-refractivity contribution >= 4 is 5.97 Å². The van der Waals surface area contributed by atoms with Gasteiger partial charge in [-0.15, -0.1) is 0 Å². The molecule has 0 rings (SSSR count). The van der Waals surface area contributed by atoms with Crippen LogP contribution < -0.4 is 0 Å². The van der Waals surface area contributed by atoms with Crippen LogP contribution in [0.15, 0.2) is 0 Å². The molecule has 1 unspecified atom stereocenters. The lowest BCUT2D eigenvalue weighted by molar-refractivity contribution is -0.158. The highest BCUT2D eigenvalue weighted by Crippen LogP contribution is 1.89. The fourth-order valence-corrected chi connectivity index (χ4v) is 0.305. The number of carbonyl (C=O) groups is 1. The van der Waals surface area contributed by atoms with Crippen molar-refractivity contribution in [1.29, 1.82) is 0 Å². The van der Waals surface area contributed by atoms with Gasteiger partial charge in [0, 0.05) is 6.61 Å². The van der Waals surface area contributed by atoms with Crippen LogP contribution >= 0.6 is 0 Å². The predicted molar refractivity (Wildman–Crippen MR) is 34.7 cm³/mol. The quantitative estimate of drug-likeness (QED) is 0.455. The second kappa shape index (κ2) is 5.20. The fourth-order valence-electron chi connectivity index (χ4n) is 0.305. The highest BCUT2D eigenvalue weighted by Gasteiger charge is 2.09. The van der Waals surface area contributed by atoms with Crippen molar-refractivity contribution in [3.05, 3.63) is 0 Å². The molecule has 0 aliphatic heterocycles. The molecule has 0 aromatic rings. The molecule has 0 fully saturated rings. The summed E-state index contributed by atoms with van der Waals surface area (Å²) < 4.78 is 9.49. The molecule has 0 aromatic carbocycles. The summed E-state index contributed by atoms with van der Waals surface area (Å²) in [6, 6.07) is 0. The molecule has 0 aromatic heterocycles. The van der Waals surface area contributed by atoms with Crippen molar-refractivity contribution in [2.24, 2.45) is 0 Å². The number of ether oxygens (including phenoxy) is 2. The van der Waals surface area contributed by atoms with Crippen LogP contribution in [0.5, 0.6) is 0 Å². The SMILES string of the molecule is CCOCOC(C)C(=O)O. The minimum atomic E-state index is -0.972. The highest BCUT2D eigenvalue weighted by atomic mass is 16.7. The number of carboxylic acid groups (broad SMARTS) is 1. The van der Waals surface area contributed by atoms with E-state index in [0.717, 1.165) is 0 Å². The molecule has 60 valence electrons. The van der Waals surface area contributed by atoms with Gasteiger partial charge in [-0.05, 0) is 13.8 Å². The van der Waals surface area contributed by atoms with Crippen LogP contribution in [-0.4, -0.2) is 30.6 Å². The summed E-state index contributed by atoms with van der Waals surface area (Å²) in [7, 11) is 0. The average molecular weight is 148 g/mol. The van der Waals surface area contributed by atoms with Crippen molar-refractivity contribution in [3.63, 3.8) is 0 Å². The van der Waals surface area contributed by atoms with E-state index in [4.69, 9.17) is 14.6 Å². The van der Waals surface area contributed by atoms with E-state index in [-0.39, 0.29) is 6.79 Å². The molecule has 4 nitrogen and oxygen atoms in total. The van der Waals surface area contributed by atoms with Gasteiger partial charge in [0.15, 0.2) is 6.10 Å². The third-order valence-electron chi connectivity index (χ3n) is 0.953. The van der Waals surface area contributed by atoms with E-state index in [9.17, 15) is 4.79 Å². The third kappa shape index (κ3) is 4.29. The van der Waals surface area contributed by atoms with Gasteiger partial charge in [0.1, 0.15) is 6.79 Å². The lowest BCUT2D eigenvalue weighted by Crippen LogP contribution is -2.21. The molecule has 0 saturated heterocycles. The lowest BCUT2D eigenvalue weighted by atomic mass is 10.4. The van der Waals surface area contributed by atoms with Crippen LogP contribution in [0.3, 0.4) is 0 Å². The molecule has 0 amide bonds. The highest BCUT2D eigenvalue weighted by molar-refractivity contribution is 5.71. The molecule has 10 heavy (non-hydrogen) atoms. The van der Waals surface area contributed by atoms with E-state index in [2.05, 4.69) is 0 Å². The zero-order chi connectivity index (χ0) is 7.98. The summed E-state index contributed by atoms with van der Waals surface area (Å²) in [5.74, 6) is -0.972. The van der Waals surface area contributed by atoms with Crippen LogP contribution in [0.1, 0.15) is 13.8 Å². The van der Waals surface area contributed by atoms with Gasteiger partial charge in [0.2, 0.25) is 0 Å². The van der Waals surface area contributed by atoms with Gasteiger partial charge in [0.05, 0.1) is 0 Å². The molecule has 0 saturated carbocycles. The largest absolute Gasteiger partial charge is 0.479 e. The molecular formula is C6H12O4. The van der Waals surface area contributed by atoms with Gasteiger partial charge in [-0.25, -0.2) is 4.79 Å². The Labute approximate surface area is 59.7 Å². The van der Waals surface area contributed by atoms with Gasteiger partial charge >= 0.3 is 5.97 Å². The summed E-state index contributed by atoms with van der Waals surface area (Å²) in [5.41, 5.74) is 0. The number of aliphatic carboxylic acids is 1. The Hall–Kier alpha value is -0.610.